The number of fused-ring (bicyclic) bond motifs is 1. The summed E-state index contributed by atoms with van der Waals surface area (Å²) >= 11 is 1.45. The number of carbonyl (C=O) groups is 1. The predicted octanol–water partition coefficient (Wildman–Crippen LogP) is 6.29. The van der Waals surface area contributed by atoms with Crippen molar-refractivity contribution in [1.29, 1.82) is 0 Å². The molecule has 186 valence electrons. The van der Waals surface area contributed by atoms with Gasteiger partial charge >= 0.3 is 0 Å². The average molecular weight is 509 g/mol. The van der Waals surface area contributed by atoms with Crippen LogP contribution >= 0.6 is 11.3 Å². The molecule has 0 fully saturated rings. The zero-order valence-electron chi connectivity index (χ0n) is 20.8. The SMILES string of the molecule is COc1ccc(-c2ccccc2)c2sc(NC(=O)c3ccc(CN(C)CCc4ccccn4)cc3)nc12. The van der Waals surface area contributed by atoms with Crippen LogP contribution in [0.25, 0.3) is 21.3 Å². The third-order valence-electron chi connectivity index (χ3n) is 6.18. The van der Waals surface area contributed by atoms with Gasteiger partial charge in [-0.3, -0.25) is 15.1 Å². The molecule has 37 heavy (non-hydrogen) atoms. The van der Waals surface area contributed by atoms with Gasteiger partial charge in [0.15, 0.2) is 5.13 Å². The molecule has 7 heteroatoms. The number of amides is 1. The van der Waals surface area contributed by atoms with Gasteiger partial charge in [-0.05, 0) is 54.6 Å². The molecule has 0 saturated carbocycles. The second kappa shape index (κ2) is 11.3. The normalized spacial score (nSPS) is 11.1. The molecule has 0 atom stereocenters. The van der Waals surface area contributed by atoms with Gasteiger partial charge in [0.25, 0.3) is 5.91 Å². The maximum Gasteiger partial charge on any atom is 0.257 e. The predicted molar refractivity (Wildman–Crippen MR) is 150 cm³/mol. The van der Waals surface area contributed by atoms with E-state index in [1.54, 1.807) is 7.11 Å². The van der Waals surface area contributed by atoms with Crippen LogP contribution in [0.2, 0.25) is 0 Å². The molecular weight excluding hydrogens is 480 g/mol. The van der Waals surface area contributed by atoms with E-state index in [0.717, 1.165) is 52.1 Å². The first-order valence-corrected chi connectivity index (χ1v) is 12.9. The van der Waals surface area contributed by atoms with Crippen molar-refractivity contribution >= 4 is 32.6 Å². The third-order valence-corrected chi connectivity index (χ3v) is 7.18. The van der Waals surface area contributed by atoms with Crippen LogP contribution in [-0.2, 0) is 13.0 Å². The molecule has 6 nitrogen and oxygen atoms in total. The van der Waals surface area contributed by atoms with E-state index in [1.165, 1.54) is 11.3 Å². The number of likely N-dealkylation sites (N-methyl/N-ethyl adjacent to an activating group) is 1. The number of nitrogens with one attached hydrogen (secondary N) is 1. The van der Waals surface area contributed by atoms with Crippen molar-refractivity contribution < 1.29 is 9.53 Å². The first kappa shape index (κ1) is 24.6. The van der Waals surface area contributed by atoms with E-state index in [4.69, 9.17) is 4.74 Å². The molecule has 3 aromatic carbocycles. The number of ether oxygens (including phenoxy) is 1. The van der Waals surface area contributed by atoms with Crippen LogP contribution in [0.4, 0.5) is 5.13 Å². The molecular formula is C30H28N4O2S. The number of hydrogen-bond acceptors (Lipinski definition) is 6. The van der Waals surface area contributed by atoms with Gasteiger partial charge in [-0.15, -0.1) is 0 Å². The molecule has 0 aliphatic carbocycles. The van der Waals surface area contributed by atoms with E-state index < -0.39 is 0 Å². The quantitative estimate of drug-likeness (QED) is 0.253. The minimum atomic E-state index is -0.186. The van der Waals surface area contributed by atoms with Crippen LogP contribution in [0, 0.1) is 0 Å². The highest BCUT2D eigenvalue weighted by Gasteiger charge is 2.16. The molecule has 1 N–H and O–H groups in total. The highest BCUT2D eigenvalue weighted by Crippen LogP contribution is 2.39. The summed E-state index contributed by atoms with van der Waals surface area (Å²) in [5, 5.41) is 3.51. The Labute approximate surface area is 220 Å². The van der Waals surface area contributed by atoms with E-state index in [2.05, 4.69) is 39.4 Å². The Morgan fingerprint density at radius 3 is 2.49 bits per heavy atom. The number of hydrogen-bond donors (Lipinski definition) is 1. The maximum absolute atomic E-state index is 13.0. The van der Waals surface area contributed by atoms with Gasteiger partial charge in [0.2, 0.25) is 0 Å². The van der Waals surface area contributed by atoms with Gasteiger partial charge < -0.3 is 9.64 Å². The smallest absolute Gasteiger partial charge is 0.257 e. The Bertz CT molecular complexity index is 1490. The van der Waals surface area contributed by atoms with Gasteiger partial charge in [-0.25, -0.2) is 4.98 Å². The van der Waals surface area contributed by atoms with E-state index in [9.17, 15) is 4.79 Å². The standard InChI is InChI=1S/C30H28N4O2S/c1-34(19-17-24-10-6-7-18-31-24)20-21-11-13-23(14-12-21)29(35)33-30-32-27-26(36-2)16-15-25(28(27)37-30)22-8-4-3-5-9-22/h3-16,18H,17,19-20H2,1-2H3,(H,32,33,35). The van der Waals surface area contributed by atoms with E-state index in [0.29, 0.717) is 16.4 Å². The van der Waals surface area contributed by atoms with Crippen molar-refractivity contribution in [3.05, 3.63) is 108 Å². The number of methoxy groups -OCH3 is 1. The summed E-state index contributed by atoms with van der Waals surface area (Å²) in [5.41, 5.74) is 5.73. The summed E-state index contributed by atoms with van der Waals surface area (Å²) in [7, 11) is 3.72. The Balaban J connectivity index is 1.26. The monoisotopic (exact) mass is 508 g/mol. The summed E-state index contributed by atoms with van der Waals surface area (Å²) in [6.07, 6.45) is 2.73. The molecule has 1 amide bonds. The molecule has 0 radical (unpaired) electrons. The van der Waals surface area contributed by atoms with Crippen LogP contribution in [0.1, 0.15) is 21.6 Å². The van der Waals surface area contributed by atoms with E-state index in [-0.39, 0.29) is 5.91 Å². The molecule has 0 spiro atoms. The third kappa shape index (κ3) is 5.85. The summed E-state index contributed by atoms with van der Waals surface area (Å²) in [5.74, 6) is 0.497. The van der Waals surface area contributed by atoms with E-state index in [1.807, 2.05) is 79.0 Å². The fraction of sp³-hybridized carbons (Fsp3) is 0.167. The number of benzene rings is 3. The minimum absolute atomic E-state index is 0.186. The fourth-order valence-corrected chi connectivity index (χ4v) is 5.23. The fourth-order valence-electron chi connectivity index (χ4n) is 4.22. The van der Waals surface area contributed by atoms with Crippen molar-refractivity contribution in [3.63, 3.8) is 0 Å². The number of pyridine rings is 1. The lowest BCUT2D eigenvalue weighted by Crippen LogP contribution is -2.21. The maximum atomic E-state index is 13.0. The van der Waals surface area contributed by atoms with E-state index >= 15 is 0 Å². The summed E-state index contributed by atoms with van der Waals surface area (Å²) in [4.78, 5) is 24.3. The van der Waals surface area contributed by atoms with Crippen LogP contribution in [0.5, 0.6) is 5.75 Å². The topological polar surface area (TPSA) is 67.3 Å². The number of rotatable bonds is 9. The minimum Gasteiger partial charge on any atom is -0.494 e. The number of thiazole rings is 1. The molecule has 0 saturated heterocycles. The van der Waals surface area contributed by atoms with Crippen molar-refractivity contribution in [2.45, 2.75) is 13.0 Å². The second-order valence-electron chi connectivity index (χ2n) is 8.84. The number of aromatic nitrogens is 2. The van der Waals surface area contributed by atoms with Crippen LogP contribution in [0.3, 0.4) is 0 Å². The van der Waals surface area contributed by atoms with Gasteiger partial charge in [-0.1, -0.05) is 59.9 Å². The van der Waals surface area contributed by atoms with Gasteiger partial charge in [0.1, 0.15) is 11.3 Å². The molecule has 2 aromatic heterocycles. The summed E-state index contributed by atoms with van der Waals surface area (Å²) in [6, 6.07) is 27.8. The Hall–Kier alpha value is -4.07. The molecule has 0 aliphatic rings. The van der Waals surface area contributed by atoms with Crippen LogP contribution in [0.15, 0.2) is 91.1 Å². The lowest BCUT2D eigenvalue weighted by molar-refractivity contribution is 0.102. The number of anilines is 1. The molecule has 5 rings (SSSR count). The highest BCUT2D eigenvalue weighted by molar-refractivity contribution is 7.23. The second-order valence-corrected chi connectivity index (χ2v) is 9.84. The van der Waals surface area contributed by atoms with Crippen molar-refractivity contribution in [2.24, 2.45) is 0 Å². The first-order chi connectivity index (χ1) is 18.1. The Kier molecular flexibility index (Phi) is 7.54. The van der Waals surface area contributed by atoms with Crippen LogP contribution in [-0.4, -0.2) is 41.5 Å². The summed E-state index contributed by atoms with van der Waals surface area (Å²) < 4.78 is 6.51. The number of nitrogens with zero attached hydrogens (tertiary/aromatic N) is 3. The van der Waals surface area contributed by atoms with Crippen molar-refractivity contribution in [3.8, 4) is 16.9 Å². The molecule has 5 aromatic rings. The zero-order valence-corrected chi connectivity index (χ0v) is 21.7. The van der Waals surface area contributed by atoms with Gasteiger partial charge in [-0.2, -0.15) is 0 Å². The Morgan fingerprint density at radius 1 is 0.973 bits per heavy atom. The molecule has 0 aliphatic heterocycles. The largest absolute Gasteiger partial charge is 0.494 e. The van der Waals surface area contributed by atoms with Crippen LogP contribution < -0.4 is 10.1 Å². The lowest BCUT2D eigenvalue weighted by atomic mass is 10.1. The van der Waals surface area contributed by atoms with Crippen molar-refractivity contribution in [2.75, 3.05) is 26.0 Å². The Morgan fingerprint density at radius 2 is 1.76 bits per heavy atom. The molecule has 0 bridgehead atoms. The molecule has 2 heterocycles. The molecule has 0 unspecified atom stereocenters. The van der Waals surface area contributed by atoms with Gasteiger partial charge in [0, 0.05) is 42.5 Å². The van der Waals surface area contributed by atoms with Crippen molar-refractivity contribution in [1.82, 2.24) is 14.9 Å². The summed E-state index contributed by atoms with van der Waals surface area (Å²) in [6.45, 7) is 1.71. The average Bonchev–Trinajstić information content (AvgIpc) is 3.36. The highest BCUT2D eigenvalue weighted by atomic mass is 32.1. The zero-order chi connectivity index (χ0) is 25.6. The lowest BCUT2D eigenvalue weighted by Gasteiger charge is -2.16. The van der Waals surface area contributed by atoms with Gasteiger partial charge in [0.05, 0.1) is 11.8 Å². The number of carbonyl (C=O) groups excluding carboxylic acids is 1. The first-order valence-electron chi connectivity index (χ1n) is 12.1.